The third-order valence-electron chi connectivity index (χ3n) is 2.71. The van der Waals surface area contributed by atoms with Crippen LogP contribution < -0.4 is 9.47 Å². The lowest BCUT2D eigenvalue weighted by Crippen LogP contribution is -2.03. The summed E-state index contributed by atoms with van der Waals surface area (Å²) in [7, 11) is 3.13. The number of benzene rings is 1. The second-order valence-corrected chi connectivity index (χ2v) is 3.92. The Morgan fingerprint density at radius 3 is 2.53 bits per heavy atom. The molecule has 0 amide bonds. The Kier molecular flexibility index (Phi) is 5.53. The topological polar surface area (TPSA) is 35.5 Å². The summed E-state index contributed by atoms with van der Waals surface area (Å²) < 4.78 is 10.4. The van der Waals surface area contributed by atoms with Crippen molar-refractivity contribution in [1.82, 2.24) is 0 Å². The molecule has 0 unspecified atom stereocenters. The summed E-state index contributed by atoms with van der Waals surface area (Å²) in [5.74, 6) is 1.26. The lowest BCUT2D eigenvalue weighted by atomic mass is 10.0. The van der Waals surface area contributed by atoms with E-state index < -0.39 is 0 Å². The first-order chi connectivity index (χ1) is 8.24. The Morgan fingerprint density at radius 1 is 1.18 bits per heavy atom. The Bertz CT molecular complexity index is 372. The van der Waals surface area contributed by atoms with Gasteiger partial charge in [0.25, 0.3) is 0 Å². The maximum absolute atomic E-state index is 12.0. The van der Waals surface area contributed by atoms with E-state index >= 15 is 0 Å². The number of Topliss-reactive ketones (excluding diaryl/α,β-unsaturated/α-hetero) is 1. The average Bonchev–Trinajstić information content (AvgIpc) is 2.37. The molecule has 0 aromatic heterocycles. The normalized spacial score (nSPS) is 10.1. The van der Waals surface area contributed by atoms with Crippen molar-refractivity contribution in [2.45, 2.75) is 32.6 Å². The molecule has 0 N–H and O–H groups in total. The summed E-state index contributed by atoms with van der Waals surface area (Å²) in [5, 5.41) is 0. The number of para-hydroxylation sites is 1. The van der Waals surface area contributed by atoms with Gasteiger partial charge in [0.05, 0.1) is 19.8 Å². The van der Waals surface area contributed by atoms with Gasteiger partial charge in [0, 0.05) is 6.42 Å². The molecule has 0 heterocycles. The minimum atomic E-state index is 0.120. The van der Waals surface area contributed by atoms with E-state index in [0.717, 1.165) is 19.3 Å². The molecule has 0 radical (unpaired) electrons. The minimum absolute atomic E-state index is 0.120. The van der Waals surface area contributed by atoms with Crippen LogP contribution >= 0.6 is 0 Å². The van der Waals surface area contributed by atoms with Crippen molar-refractivity contribution in [1.29, 1.82) is 0 Å². The third kappa shape index (κ3) is 3.48. The summed E-state index contributed by atoms with van der Waals surface area (Å²) in [4.78, 5) is 12.0. The maximum atomic E-state index is 12.0. The van der Waals surface area contributed by atoms with Crippen molar-refractivity contribution in [3.8, 4) is 11.5 Å². The van der Waals surface area contributed by atoms with Crippen molar-refractivity contribution in [2.24, 2.45) is 0 Å². The molecule has 1 rings (SSSR count). The number of hydrogen-bond donors (Lipinski definition) is 0. The van der Waals surface area contributed by atoms with Crippen molar-refractivity contribution in [3.63, 3.8) is 0 Å². The van der Waals surface area contributed by atoms with Crippen LogP contribution in [-0.4, -0.2) is 20.0 Å². The van der Waals surface area contributed by atoms with Gasteiger partial charge in [0.2, 0.25) is 0 Å². The zero-order valence-electron chi connectivity index (χ0n) is 10.8. The third-order valence-corrected chi connectivity index (χ3v) is 2.71. The zero-order valence-corrected chi connectivity index (χ0v) is 10.8. The number of ketones is 1. The minimum Gasteiger partial charge on any atom is -0.493 e. The van der Waals surface area contributed by atoms with Crippen LogP contribution in [0.3, 0.4) is 0 Å². The second kappa shape index (κ2) is 6.94. The van der Waals surface area contributed by atoms with E-state index in [9.17, 15) is 4.79 Å². The molecular formula is C14H20O3. The van der Waals surface area contributed by atoms with Crippen molar-refractivity contribution in [3.05, 3.63) is 23.8 Å². The second-order valence-electron chi connectivity index (χ2n) is 3.92. The van der Waals surface area contributed by atoms with Crippen LogP contribution in [0.1, 0.15) is 43.0 Å². The van der Waals surface area contributed by atoms with Crippen LogP contribution in [0.2, 0.25) is 0 Å². The molecule has 1 aromatic rings. The molecule has 17 heavy (non-hydrogen) atoms. The number of ether oxygens (including phenoxy) is 2. The molecule has 0 spiro atoms. The molecule has 3 heteroatoms. The van der Waals surface area contributed by atoms with E-state index in [1.165, 1.54) is 0 Å². The summed E-state index contributed by atoms with van der Waals surface area (Å²) in [6, 6.07) is 5.39. The van der Waals surface area contributed by atoms with Crippen molar-refractivity contribution < 1.29 is 14.3 Å². The molecule has 0 aliphatic heterocycles. The van der Waals surface area contributed by atoms with E-state index in [1.54, 1.807) is 26.4 Å². The van der Waals surface area contributed by atoms with Crippen LogP contribution in [0.15, 0.2) is 18.2 Å². The fourth-order valence-electron chi connectivity index (χ4n) is 1.78. The highest BCUT2D eigenvalue weighted by molar-refractivity contribution is 5.99. The molecule has 94 valence electrons. The molecule has 0 bridgehead atoms. The summed E-state index contributed by atoms with van der Waals surface area (Å²) in [6.45, 7) is 2.12. The number of carbonyl (C=O) groups is 1. The molecule has 0 saturated heterocycles. The van der Waals surface area contributed by atoms with E-state index in [-0.39, 0.29) is 5.78 Å². The number of carbonyl (C=O) groups excluding carboxylic acids is 1. The van der Waals surface area contributed by atoms with Gasteiger partial charge in [-0.2, -0.15) is 0 Å². The first kappa shape index (κ1) is 13.6. The molecule has 1 aromatic carbocycles. The van der Waals surface area contributed by atoms with Crippen LogP contribution in [0.25, 0.3) is 0 Å². The summed E-state index contributed by atoms with van der Waals surface area (Å²) in [6.07, 6.45) is 3.69. The van der Waals surface area contributed by atoms with Crippen molar-refractivity contribution in [2.75, 3.05) is 14.2 Å². The van der Waals surface area contributed by atoms with Crippen molar-refractivity contribution >= 4 is 5.78 Å². The predicted molar refractivity (Wildman–Crippen MR) is 68.0 cm³/mol. The molecular weight excluding hydrogens is 216 g/mol. The smallest absolute Gasteiger partial charge is 0.171 e. The molecule has 0 saturated carbocycles. The molecule has 0 aliphatic rings. The number of hydrogen-bond acceptors (Lipinski definition) is 3. The first-order valence-electron chi connectivity index (χ1n) is 5.98. The highest BCUT2D eigenvalue weighted by Gasteiger charge is 2.15. The Morgan fingerprint density at radius 2 is 1.94 bits per heavy atom. The maximum Gasteiger partial charge on any atom is 0.171 e. The van der Waals surface area contributed by atoms with E-state index in [0.29, 0.717) is 23.5 Å². The quantitative estimate of drug-likeness (QED) is 0.537. The highest BCUT2D eigenvalue weighted by Crippen LogP contribution is 2.31. The van der Waals surface area contributed by atoms with Crippen LogP contribution in [0, 0.1) is 0 Å². The molecule has 0 atom stereocenters. The fourth-order valence-corrected chi connectivity index (χ4v) is 1.78. The zero-order chi connectivity index (χ0) is 12.7. The Balaban J connectivity index is 2.85. The largest absolute Gasteiger partial charge is 0.493 e. The number of methoxy groups -OCH3 is 2. The van der Waals surface area contributed by atoms with Gasteiger partial charge < -0.3 is 9.47 Å². The fraction of sp³-hybridized carbons (Fsp3) is 0.500. The first-order valence-corrected chi connectivity index (χ1v) is 5.98. The highest BCUT2D eigenvalue weighted by atomic mass is 16.5. The van der Waals surface area contributed by atoms with Crippen LogP contribution in [0.4, 0.5) is 0 Å². The van der Waals surface area contributed by atoms with Gasteiger partial charge >= 0.3 is 0 Å². The standard InChI is InChI=1S/C14H20O3/c1-4-5-6-9-12(15)11-8-7-10-13(16-2)14(11)17-3/h7-8,10H,4-6,9H2,1-3H3. The lowest BCUT2D eigenvalue weighted by Gasteiger charge is -2.11. The van der Waals surface area contributed by atoms with Gasteiger partial charge in [-0.3, -0.25) is 4.79 Å². The van der Waals surface area contributed by atoms with E-state index in [1.807, 2.05) is 6.07 Å². The monoisotopic (exact) mass is 236 g/mol. The lowest BCUT2D eigenvalue weighted by molar-refractivity contribution is 0.0975. The van der Waals surface area contributed by atoms with Gasteiger partial charge in [-0.1, -0.05) is 25.8 Å². The van der Waals surface area contributed by atoms with Crippen LogP contribution in [0.5, 0.6) is 11.5 Å². The predicted octanol–water partition coefficient (Wildman–Crippen LogP) is 3.47. The van der Waals surface area contributed by atoms with Gasteiger partial charge in [0.15, 0.2) is 17.3 Å². The van der Waals surface area contributed by atoms with Gasteiger partial charge in [0.1, 0.15) is 0 Å². The Labute approximate surface area is 103 Å². The molecule has 0 aliphatic carbocycles. The number of unbranched alkanes of at least 4 members (excludes halogenated alkanes) is 2. The van der Waals surface area contributed by atoms with Crippen LogP contribution in [-0.2, 0) is 0 Å². The van der Waals surface area contributed by atoms with E-state index in [2.05, 4.69) is 6.92 Å². The SMILES string of the molecule is CCCCCC(=O)c1cccc(OC)c1OC. The summed E-state index contributed by atoms with van der Waals surface area (Å²) in [5.41, 5.74) is 0.614. The average molecular weight is 236 g/mol. The van der Waals surface area contributed by atoms with Gasteiger partial charge in [-0.15, -0.1) is 0 Å². The molecule has 0 fully saturated rings. The molecule has 3 nitrogen and oxygen atoms in total. The van der Waals surface area contributed by atoms with Gasteiger partial charge in [-0.25, -0.2) is 0 Å². The summed E-state index contributed by atoms with van der Waals surface area (Å²) >= 11 is 0. The van der Waals surface area contributed by atoms with Gasteiger partial charge in [-0.05, 0) is 18.6 Å². The number of rotatable bonds is 7. The van der Waals surface area contributed by atoms with E-state index in [4.69, 9.17) is 9.47 Å². The Hall–Kier alpha value is -1.51.